The second-order valence-electron chi connectivity index (χ2n) is 8.53. The highest BCUT2D eigenvalue weighted by Gasteiger charge is 2.36. The third-order valence-corrected chi connectivity index (χ3v) is 6.48. The van der Waals surface area contributed by atoms with Gasteiger partial charge in [0.25, 0.3) is 0 Å². The summed E-state index contributed by atoms with van der Waals surface area (Å²) in [6.45, 7) is 9.65. The molecular weight excluding hydrogens is 264 g/mol. The molecule has 1 saturated carbocycles. The summed E-state index contributed by atoms with van der Waals surface area (Å²) in [6, 6.07) is 0. The first-order valence-electron chi connectivity index (χ1n) is 10.6. The average molecular weight is 309 g/mol. The summed E-state index contributed by atoms with van der Waals surface area (Å²) in [5, 5.41) is 0. The summed E-state index contributed by atoms with van der Waals surface area (Å²) in [5.41, 5.74) is 0.727. The fourth-order valence-electron chi connectivity index (χ4n) is 4.59. The molecule has 0 bridgehead atoms. The largest absolute Gasteiger partial charge is 0.0654 e. The molecule has 1 aliphatic rings. The molecule has 2 unspecified atom stereocenters. The van der Waals surface area contributed by atoms with Gasteiger partial charge in [0.05, 0.1) is 0 Å². The summed E-state index contributed by atoms with van der Waals surface area (Å²) in [6.07, 6.45) is 22.1. The summed E-state index contributed by atoms with van der Waals surface area (Å²) >= 11 is 0. The molecule has 0 saturated heterocycles. The van der Waals surface area contributed by atoms with E-state index in [1.165, 1.54) is 96.3 Å². The first-order chi connectivity index (χ1) is 10.6. The molecule has 0 aromatic heterocycles. The minimum absolute atomic E-state index is 0.727. The Kier molecular flexibility index (Phi) is 10.5. The zero-order valence-electron chi connectivity index (χ0n) is 16.3. The Morgan fingerprint density at radius 2 is 1.18 bits per heavy atom. The summed E-state index contributed by atoms with van der Waals surface area (Å²) in [4.78, 5) is 0. The Labute approximate surface area is 141 Å². The van der Waals surface area contributed by atoms with Crippen LogP contribution in [0.5, 0.6) is 0 Å². The number of unbranched alkanes of at least 4 members (excludes halogenated alkanes) is 8. The minimum Gasteiger partial charge on any atom is -0.0654 e. The molecule has 0 N–H and O–H groups in total. The molecule has 0 radical (unpaired) electrons. The zero-order valence-corrected chi connectivity index (χ0v) is 16.3. The number of rotatable bonds is 12. The van der Waals surface area contributed by atoms with Crippen LogP contribution < -0.4 is 0 Å². The maximum Gasteiger partial charge on any atom is -0.0295 e. The second kappa shape index (κ2) is 11.5. The molecular formula is C22H44. The molecule has 1 rings (SSSR count). The van der Waals surface area contributed by atoms with Crippen molar-refractivity contribution in [1.82, 2.24) is 0 Å². The molecule has 2 atom stereocenters. The molecule has 0 heteroatoms. The zero-order chi connectivity index (χ0) is 16.3. The third-order valence-electron chi connectivity index (χ3n) is 6.48. The maximum atomic E-state index is 2.52. The quantitative estimate of drug-likeness (QED) is 0.319. The summed E-state index contributed by atoms with van der Waals surface area (Å²) < 4.78 is 0. The molecule has 132 valence electrons. The van der Waals surface area contributed by atoms with Gasteiger partial charge in [0, 0.05) is 0 Å². The Morgan fingerprint density at radius 3 is 1.64 bits per heavy atom. The lowest BCUT2D eigenvalue weighted by Gasteiger charge is -2.43. The van der Waals surface area contributed by atoms with Crippen molar-refractivity contribution in [3.63, 3.8) is 0 Å². The van der Waals surface area contributed by atoms with Crippen LogP contribution >= 0.6 is 0 Å². The van der Waals surface area contributed by atoms with E-state index in [1.807, 2.05) is 0 Å². The van der Waals surface area contributed by atoms with Crippen LogP contribution in [0.2, 0.25) is 0 Å². The van der Waals surface area contributed by atoms with E-state index in [1.54, 1.807) is 0 Å². The fourth-order valence-corrected chi connectivity index (χ4v) is 4.59. The molecule has 0 aliphatic heterocycles. The van der Waals surface area contributed by atoms with Crippen LogP contribution in [-0.2, 0) is 0 Å². The van der Waals surface area contributed by atoms with E-state index >= 15 is 0 Å². The summed E-state index contributed by atoms with van der Waals surface area (Å²) in [5.74, 6) is 1.92. The van der Waals surface area contributed by atoms with Crippen LogP contribution in [0.3, 0.4) is 0 Å². The molecule has 22 heavy (non-hydrogen) atoms. The van der Waals surface area contributed by atoms with Crippen LogP contribution in [0.1, 0.15) is 124 Å². The van der Waals surface area contributed by atoms with Crippen molar-refractivity contribution in [3.8, 4) is 0 Å². The predicted molar refractivity (Wildman–Crippen MR) is 101 cm³/mol. The van der Waals surface area contributed by atoms with Gasteiger partial charge in [-0.3, -0.25) is 0 Å². The molecule has 0 heterocycles. The van der Waals surface area contributed by atoms with Crippen molar-refractivity contribution in [3.05, 3.63) is 0 Å². The monoisotopic (exact) mass is 308 g/mol. The second-order valence-corrected chi connectivity index (χ2v) is 8.53. The van der Waals surface area contributed by atoms with Gasteiger partial charge >= 0.3 is 0 Å². The minimum atomic E-state index is 0.727. The highest BCUT2D eigenvalue weighted by Crippen LogP contribution is 2.48. The van der Waals surface area contributed by atoms with E-state index in [2.05, 4.69) is 27.7 Å². The van der Waals surface area contributed by atoms with Gasteiger partial charge < -0.3 is 0 Å². The van der Waals surface area contributed by atoms with Gasteiger partial charge in [0.15, 0.2) is 0 Å². The van der Waals surface area contributed by atoms with Gasteiger partial charge in [-0.15, -0.1) is 0 Å². The van der Waals surface area contributed by atoms with Gasteiger partial charge in [0.1, 0.15) is 0 Å². The standard InChI is InChI=1S/C22H44/c1-5-7-9-11-13-16-22(17-14-12-10-8-6-2)18-15-20(3)21(4)19-22/h20-21H,5-19H2,1-4H3. The lowest BCUT2D eigenvalue weighted by atomic mass is 9.62. The van der Waals surface area contributed by atoms with Crippen LogP contribution in [-0.4, -0.2) is 0 Å². The van der Waals surface area contributed by atoms with E-state index in [0.29, 0.717) is 0 Å². The Hall–Kier alpha value is 0. The van der Waals surface area contributed by atoms with Crippen LogP contribution in [0.15, 0.2) is 0 Å². The van der Waals surface area contributed by atoms with Gasteiger partial charge in [-0.25, -0.2) is 0 Å². The average Bonchev–Trinajstić information content (AvgIpc) is 2.51. The van der Waals surface area contributed by atoms with Crippen molar-refractivity contribution in [1.29, 1.82) is 0 Å². The molecule has 0 amide bonds. The Bertz CT molecular complexity index is 241. The van der Waals surface area contributed by atoms with Crippen molar-refractivity contribution in [2.45, 2.75) is 124 Å². The normalized spacial score (nSPS) is 24.5. The SMILES string of the molecule is CCCCCCCC1(CCCCCCC)CCC(C)C(C)C1. The van der Waals surface area contributed by atoms with E-state index < -0.39 is 0 Å². The molecule has 0 aromatic carbocycles. The maximum absolute atomic E-state index is 2.52. The molecule has 1 aliphatic carbocycles. The van der Waals surface area contributed by atoms with Gasteiger partial charge in [-0.05, 0) is 49.4 Å². The van der Waals surface area contributed by atoms with E-state index in [0.717, 1.165) is 17.3 Å². The van der Waals surface area contributed by atoms with Gasteiger partial charge in [-0.2, -0.15) is 0 Å². The molecule has 1 fully saturated rings. The fraction of sp³-hybridized carbons (Fsp3) is 1.00. The number of hydrogen-bond donors (Lipinski definition) is 0. The van der Waals surface area contributed by atoms with E-state index in [9.17, 15) is 0 Å². The van der Waals surface area contributed by atoms with Crippen molar-refractivity contribution in [2.24, 2.45) is 17.3 Å². The predicted octanol–water partition coefficient (Wildman–Crippen LogP) is 8.15. The Morgan fingerprint density at radius 1 is 0.682 bits per heavy atom. The molecule has 0 nitrogen and oxygen atoms in total. The van der Waals surface area contributed by atoms with Crippen LogP contribution in [0.25, 0.3) is 0 Å². The first-order valence-corrected chi connectivity index (χ1v) is 10.6. The highest BCUT2D eigenvalue weighted by molar-refractivity contribution is 4.87. The number of hydrogen-bond acceptors (Lipinski definition) is 0. The van der Waals surface area contributed by atoms with E-state index in [-0.39, 0.29) is 0 Å². The van der Waals surface area contributed by atoms with Crippen LogP contribution in [0, 0.1) is 17.3 Å². The van der Waals surface area contributed by atoms with Crippen LogP contribution in [0.4, 0.5) is 0 Å². The highest BCUT2D eigenvalue weighted by atomic mass is 14.4. The molecule has 0 spiro atoms. The van der Waals surface area contributed by atoms with Crippen molar-refractivity contribution in [2.75, 3.05) is 0 Å². The van der Waals surface area contributed by atoms with Crippen molar-refractivity contribution < 1.29 is 0 Å². The van der Waals surface area contributed by atoms with Crippen molar-refractivity contribution >= 4 is 0 Å². The topological polar surface area (TPSA) is 0 Å². The molecule has 0 aromatic rings. The smallest absolute Gasteiger partial charge is 0.0295 e. The first kappa shape index (κ1) is 20.0. The summed E-state index contributed by atoms with van der Waals surface area (Å²) in [7, 11) is 0. The third kappa shape index (κ3) is 7.51. The Balaban J connectivity index is 2.39. The van der Waals surface area contributed by atoms with Gasteiger partial charge in [0.2, 0.25) is 0 Å². The van der Waals surface area contributed by atoms with Gasteiger partial charge in [-0.1, -0.05) is 91.9 Å². The van der Waals surface area contributed by atoms with E-state index in [4.69, 9.17) is 0 Å². The lowest BCUT2D eigenvalue weighted by molar-refractivity contribution is 0.0787. The lowest BCUT2D eigenvalue weighted by Crippen LogP contribution is -2.32.